The molecule has 5 rings (SSSR count). The molecule has 3 heterocycles. The Labute approximate surface area is 196 Å². The van der Waals surface area contributed by atoms with Gasteiger partial charge in [0, 0.05) is 48.7 Å². The van der Waals surface area contributed by atoms with Gasteiger partial charge in [-0.05, 0) is 61.4 Å². The van der Waals surface area contributed by atoms with Crippen LogP contribution in [-0.4, -0.2) is 30.7 Å². The molecular formula is C25H33ClN6. The van der Waals surface area contributed by atoms with E-state index in [0.717, 1.165) is 48.7 Å². The zero-order chi connectivity index (χ0) is 21.5. The molecule has 6 nitrogen and oxygen atoms in total. The Bertz CT molecular complexity index is 1010. The molecule has 32 heavy (non-hydrogen) atoms. The van der Waals surface area contributed by atoms with Gasteiger partial charge in [0.15, 0.2) is 0 Å². The third-order valence-corrected chi connectivity index (χ3v) is 7.08. The van der Waals surface area contributed by atoms with Crippen molar-refractivity contribution in [3.63, 3.8) is 0 Å². The number of nitrogen functional groups attached to an aromatic ring is 2. The van der Waals surface area contributed by atoms with Gasteiger partial charge >= 0.3 is 0 Å². The van der Waals surface area contributed by atoms with Crippen LogP contribution in [-0.2, 0) is 0 Å². The summed E-state index contributed by atoms with van der Waals surface area (Å²) in [4.78, 5) is 4.95. The minimum Gasteiger partial charge on any atom is -1.00 e. The maximum absolute atomic E-state index is 5.99. The van der Waals surface area contributed by atoms with Gasteiger partial charge in [-0.25, -0.2) is 9.13 Å². The van der Waals surface area contributed by atoms with Crippen LogP contribution in [0.15, 0.2) is 55.1 Å². The highest BCUT2D eigenvalue weighted by atomic mass is 35.5. The second-order valence-electron chi connectivity index (χ2n) is 9.17. The number of anilines is 4. The second-order valence-corrected chi connectivity index (χ2v) is 9.17. The summed E-state index contributed by atoms with van der Waals surface area (Å²) >= 11 is 0. The van der Waals surface area contributed by atoms with Gasteiger partial charge in [-0.1, -0.05) is 0 Å². The molecular weight excluding hydrogens is 420 g/mol. The Kier molecular flexibility index (Phi) is 6.24. The first kappa shape index (κ1) is 22.3. The van der Waals surface area contributed by atoms with E-state index in [0.29, 0.717) is 12.1 Å². The fourth-order valence-electron chi connectivity index (χ4n) is 4.97. The van der Waals surface area contributed by atoms with E-state index in [1.54, 1.807) is 0 Å². The van der Waals surface area contributed by atoms with Gasteiger partial charge in [-0.15, -0.1) is 0 Å². The molecule has 0 aliphatic carbocycles. The quantitative estimate of drug-likeness (QED) is 0.446. The van der Waals surface area contributed by atoms with Gasteiger partial charge in [0.1, 0.15) is 24.5 Å². The van der Waals surface area contributed by atoms with E-state index < -0.39 is 0 Å². The summed E-state index contributed by atoms with van der Waals surface area (Å²) in [6.07, 6.45) is 9.14. The van der Waals surface area contributed by atoms with Crippen LogP contribution in [0.5, 0.6) is 0 Å². The first-order valence-electron chi connectivity index (χ1n) is 11.3. The van der Waals surface area contributed by atoms with Crippen molar-refractivity contribution in [2.75, 3.05) is 47.4 Å². The van der Waals surface area contributed by atoms with Gasteiger partial charge in [0.25, 0.3) is 0 Å². The Hall–Kier alpha value is -2.86. The molecule has 0 amide bonds. The summed E-state index contributed by atoms with van der Waals surface area (Å²) in [7, 11) is 0. The number of hydrogen-bond donors (Lipinski definition) is 2. The summed E-state index contributed by atoms with van der Waals surface area (Å²) in [5.74, 6) is 0. The molecule has 2 aromatic carbocycles. The number of nitrogens with zero attached hydrogens (tertiary/aromatic N) is 4. The lowest BCUT2D eigenvalue weighted by atomic mass is 10.2. The smallest absolute Gasteiger partial charge is 0.244 e. The van der Waals surface area contributed by atoms with Crippen LogP contribution in [0, 0.1) is 13.8 Å². The lowest BCUT2D eigenvalue weighted by molar-refractivity contribution is -0.718. The average molecular weight is 453 g/mol. The predicted molar refractivity (Wildman–Crippen MR) is 128 cm³/mol. The van der Waals surface area contributed by atoms with Crippen LogP contribution in [0.25, 0.3) is 0 Å². The van der Waals surface area contributed by atoms with Crippen molar-refractivity contribution in [3.05, 3.63) is 66.2 Å². The van der Waals surface area contributed by atoms with Crippen molar-refractivity contribution in [2.24, 2.45) is 0 Å². The van der Waals surface area contributed by atoms with Crippen LogP contribution in [0.3, 0.4) is 0 Å². The number of imidazole rings is 1. The van der Waals surface area contributed by atoms with Crippen molar-refractivity contribution < 1.29 is 17.0 Å². The number of nitrogens with two attached hydrogens (primary N) is 2. The highest BCUT2D eigenvalue weighted by Gasteiger charge is 2.31. The maximum Gasteiger partial charge on any atom is 0.244 e. The summed E-state index contributed by atoms with van der Waals surface area (Å²) in [5, 5.41) is 0. The summed E-state index contributed by atoms with van der Waals surface area (Å²) in [6, 6.07) is 13.8. The third-order valence-electron chi connectivity index (χ3n) is 7.08. The molecule has 4 N–H and O–H groups in total. The van der Waals surface area contributed by atoms with Crippen molar-refractivity contribution in [3.8, 4) is 0 Å². The Balaban J connectivity index is 0.00000245. The number of halogens is 1. The van der Waals surface area contributed by atoms with Crippen LogP contribution >= 0.6 is 0 Å². The van der Waals surface area contributed by atoms with Gasteiger partial charge in [0.2, 0.25) is 6.33 Å². The minimum absolute atomic E-state index is 0. The van der Waals surface area contributed by atoms with E-state index in [2.05, 4.69) is 75.8 Å². The number of aromatic nitrogens is 2. The molecule has 2 unspecified atom stereocenters. The van der Waals surface area contributed by atoms with Crippen LogP contribution in [0.1, 0.15) is 36.1 Å². The number of hydrogen-bond acceptors (Lipinski definition) is 4. The topological polar surface area (TPSA) is 67.3 Å². The van der Waals surface area contributed by atoms with Crippen molar-refractivity contribution >= 4 is 22.7 Å². The van der Waals surface area contributed by atoms with E-state index in [4.69, 9.17) is 11.5 Å². The van der Waals surface area contributed by atoms with Crippen molar-refractivity contribution in [2.45, 2.75) is 38.8 Å². The zero-order valence-electron chi connectivity index (χ0n) is 18.9. The molecule has 0 radical (unpaired) electrons. The first-order chi connectivity index (χ1) is 15.0. The highest BCUT2D eigenvalue weighted by molar-refractivity contribution is 5.59. The number of benzene rings is 2. The van der Waals surface area contributed by atoms with Crippen LogP contribution in [0.2, 0.25) is 0 Å². The van der Waals surface area contributed by atoms with E-state index >= 15 is 0 Å². The Morgan fingerprint density at radius 2 is 1.44 bits per heavy atom. The summed E-state index contributed by atoms with van der Waals surface area (Å²) < 4.78 is 4.81. The van der Waals surface area contributed by atoms with E-state index in [9.17, 15) is 0 Å². The molecule has 0 saturated carbocycles. The standard InChI is InChI=1S/C25H33N6.ClH/c1-18-13-20(3-5-24(18)26)28-9-7-22(15-28)30-11-12-31(17-30)23-8-10-29(16-23)21-4-6-25(27)19(2)14-21;/h3-6,11-14,17,22-23H,7-10,15-16,26-27H2,1-2H3;1H/q+1;/p-1. The molecule has 2 saturated heterocycles. The molecule has 1 aromatic heterocycles. The molecule has 2 atom stereocenters. The largest absolute Gasteiger partial charge is 1.00 e. The fraction of sp³-hybridized carbons (Fsp3) is 0.400. The molecule has 2 aliphatic rings. The molecule has 2 aliphatic heterocycles. The molecule has 170 valence electrons. The van der Waals surface area contributed by atoms with Crippen molar-refractivity contribution in [1.29, 1.82) is 0 Å². The lowest BCUT2D eigenvalue weighted by Gasteiger charge is -2.19. The fourth-order valence-corrected chi connectivity index (χ4v) is 4.97. The monoisotopic (exact) mass is 452 g/mol. The predicted octanol–water partition coefficient (Wildman–Crippen LogP) is 0.464. The third kappa shape index (κ3) is 4.24. The van der Waals surface area contributed by atoms with Gasteiger partial charge in [-0.2, -0.15) is 0 Å². The van der Waals surface area contributed by atoms with Gasteiger partial charge in [0.05, 0.1) is 13.1 Å². The molecule has 7 heteroatoms. The lowest BCUT2D eigenvalue weighted by Crippen LogP contribution is -3.00. The van der Waals surface area contributed by atoms with E-state index in [-0.39, 0.29) is 12.4 Å². The molecule has 0 bridgehead atoms. The number of aryl methyl sites for hydroxylation is 2. The van der Waals surface area contributed by atoms with E-state index in [1.165, 1.54) is 24.2 Å². The SMILES string of the molecule is Cc1cc(N2CCC(n3cc[n+](C4CCN(c5ccc(N)c(C)c5)C4)c3)C2)ccc1N.[Cl-]. The van der Waals surface area contributed by atoms with Gasteiger partial charge < -0.3 is 33.7 Å². The number of rotatable bonds is 4. The van der Waals surface area contributed by atoms with Crippen molar-refractivity contribution in [1.82, 2.24) is 4.57 Å². The average Bonchev–Trinajstić information content (AvgIpc) is 3.51. The highest BCUT2D eigenvalue weighted by Crippen LogP contribution is 2.30. The first-order valence-corrected chi connectivity index (χ1v) is 11.3. The Morgan fingerprint density at radius 1 is 0.844 bits per heavy atom. The Morgan fingerprint density at radius 3 is 2.06 bits per heavy atom. The normalized spacial score (nSPS) is 20.6. The zero-order valence-corrected chi connectivity index (χ0v) is 19.7. The second kappa shape index (κ2) is 8.94. The van der Waals surface area contributed by atoms with Gasteiger partial charge in [-0.3, -0.25) is 0 Å². The molecule has 3 aromatic rings. The summed E-state index contributed by atoms with van der Waals surface area (Å²) in [5.41, 5.74) is 18.6. The van der Waals surface area contributed by atoms with Crippen LogP contribution in [0.4, 0.5) is 22.7 Å². The van der Waals surface area contributed by atoms with Crippen LogP contribution < -0.4 is 38.2 Å². The maximum atomic E-state index is 5.99. The minimum atomic E-state index is 0. The molecule has 2 fully saturated rings. The summed E-state index contributed by atoms with van der Waals surface area (Å²) in [6.45, 7) is 8.41. The van der Waals surface area contributed by atoms with E-state index in [1.807, 2.05) is 12.1 Å². The molecule has 0 spiro atoms.